The van der Waals surface area contributed by atoms with Crippen LogP contribution in [0.25, 0.3) is 0 Å². The van der Waals surface area contributed by atoms with Crippen molar-refractivity contribution in [2.24, 2.45) is 0 Å². The molecule has 2 heterocycles. The van der Waals surface area contributed by atoms with Crippen LogP contribution < -0.4 is 15.1 Å². The van der Waals surface area contributed by atoms with Gasteiger partial charge in [0.1, 0.15) is 11.4 Å². The van der Waals surface area contributed by atoms with Gasteiger partial charge < -0.3 is 15.0 Å². The topological polar surface area (TPSA) is 70.6 Å². The number of ether oxygens (including phenoxy) is 1. The summed E-state index contributed by atoms with van der Waals surface area (Å²) in [5.41, 5.74) is 0.264. The van der Waals surface area contributed by atoms with Crippen LogP contribution in [-0.4, -0.2) is 47.8 Å². The molecule has 1 N–H and O–H groups in total. The Kier molecular flexibility index (Phi) is 6.36. The highest BCUT2D eigenvalue weighted by atomic mass is 35.5. The van der Waals surface area contributed by atoms with Crippen molar-refractivity contribution in [1.82, 2.24) is 15.3 Å². The Labute approximate surface area is 170 Å². The third kappa shape index (κ3) is 5.56. The van der Waals surface area contributed by atoms with Crippen LogP contribution >= 0.6 is 11.6 Å². The van der Waals surface area contributed by atoms with Crippen LogP contribution in [0.1, 0.15) is 26.3 Å². The number of rotatable bonds is 4. The summed E-state index contributed by atoms with van der Waals surface area (Å²) in [5.74, 6) is 1.20. The lowest BCUT2D eigenvalue weighted by Gasteiger charge is -2.30. The normalized spacial score (nSPS) is 14.6. The van der Waals surface area contributed by atoms with Crippen LogP contribution in [0.15, 0.2) is 36.7 Å². The largest absolute Gasteiger partial charge is 0.443 e. The van der Waals surface area contributed by atoms with Crippen molar-refractivity contribution in [3.63, 3.8) is 0 Å². The second-order valence-electron chi connectivity index (χ2n) is 7.67. The maximum atomic E-state index is 12.9. The maximum absolute atomic E-state index is 12.9. The van der Waals surface area contributed by atoms with Gasteiger partial charge in [0.05, 0.1) is 18.9 Å². The third-order valence-electron chi connectivity index (χ3n) is 4.17. The van der Waals surface area contributed by atoms with Crippen LogP contribution in [0.3, 0.4) is 0 Å². The molecule has 8 heteroatoms. The Balaban J connectivity index is 1.90. The quantitative estimate of drug-likeness (QED) is 0.842. The zero-order valence-electron chi connectivity index (χ0n) is 16.5. The number of piperazine rings is 1. The SMILES string of the molecule is CC(C)(C)OC(=O)N(Cc1cccc(Cl)c1)c1cncc(N2CCNCC2)n1. The second kappa shape index (κ2) is 8.75. The summed E-state index contributed by atoms with van der Waals surface area (Å²) in [5, 5.41) is 3.93. The molecule has 7 nitrogen and oxygen atoms in total. The van der Waals surface area contributed by atoms with E-state index < -0.39 is 11.7 Å². The predicted molar refractivity (Wildman–Crippen MR) is 111 cm³/mol. The second-order valence-corrected chi connectivity index (χ2v) is 8.11. The molecule has 0 aliphatic carbocycles. The summed E-state index contributed by atoms with van der Waals surface area (Å²) in [4.78, 5) is 25.6. The molecule has 0 bridgehead atoms. The molecule has 0 unspecified atom stereocenters. The number of anilines is 2. The van der Waals surface area contributed by atoms with E-state index in [9.17, 15) is 4.79 Å². The number of amides is 1. The van der Waals surface area contributed by atoms with Gasteiger partial charge in [0, 0.05) is 31.2 Å². The number of aromatic nitrogens is 2. The lowest BCUT2D eigenvalue weighted by Crippen LogP contribution is -2.44. The lowest BCUT2D eigenvalue weighted by molar-refractivity contribution is 0.0576. The van der Waals surface area contributed by atoms with Gasteiger partial charge in [-0.2, -0.15) is 0 Å². The number of halogens is 1. The molecule has 3 rings (SSSR count). The minimum Gasteiger partial charge on any atom is -0.443 e. The molecule has 1 saturated heterocycles. The third-order valence-corrected chi connectivity index (χ3v) is 4.41. The van der Waals surface area contributed by atoms with Gasteiger partial charge in [-0.1, -0.05) is 23.7 Å². The number of benzene rings is 1. The van der Waals surface area contributed by atoms with E-state index in [1.807, 2.05) is 39.0 Å². The monoisotopic (exact) mass is 403 g/mol. The molecule has 1 aliphatic rings. The van der Waals surface area contributed by atoms with Crippen molar-refractivity contribution in [3.8, 4) is 0 Å². The Bertz CT molecular complexity index is 818. The van der Waals surface area contributed by atoms with Crippen LogP contribution in [0.4, 0.5) is 16.4 Å². The summed E-state index contributed by atoms with van der Waals surface area (Å²) in [6, 6.07) is 7.39. The number of hydrogen-bond donors (Lipinski definition) is 1. The van der Waals surface area contributed by atoms with Crippen molar-refractivity contribution in [1.29, 1.82) is 0 Å². The Hall–Kier alpha value is -2.38. The fourth-order valence-electron chi connectivity index (χ4n) is 2.90. The van der Waals surface area contributed by atoms with Gasteiger partial charge in [-0.3, -0.25) is 9.88 Å². The van der Waals surface area contributed by atoms with E-state index in [1.54, 1.807) is 18.5 Å². The van der Waals surface area contributed by atoms with Gasteiger partial charge in [-0.05, 0) is 38.5 Å². The van der Waals surface area contributed by atoms with Crippen molar-refractivity contribution >= 4 is 29.3 Å². The van der Waals surface area contributed by atoms with E-state index >= 15 is 0 Å². The van der Waals surface area contributed by atoms with E-state index in [1.165, 1.54) is 4.90 Å². The van der Waals surface area contributed by atoms with Gasteiger partial charge >= 0.3 is 6.09 Å². The first-order valence-electron chi connectivity index (χ1n) is 9.34. The zero-order valence-corrected chi connectivity index (χ0v) is 17.2. The van der Waals surface area contributed by atoms with Crippen LogP contribution in [0, 0.1) is 0 Å². The average molecular weight is 404 g/mol. The molecule has 28 heavy (non-hydrogen) atoms. The number of carbonyl (C=O) groups excluding carboxylic acids is 1. The van der Waals surface area contributed by atoms with Gasteiger partial charge in [0.15, 0.2) is 5.82 Å². The highest BCUT2D eigenvalue weighted by Gasteiger charge is 2.26. The molecular weight excluding hydrogens is 378 g/mol. The van der Waals surface area contributed by atoms with E-state index in [2.05, 4.69) is 15.2 Å². The summed E-state index contributed by atoms with van der Waals surface area (Å²) in [6.45, 7) is 9.28. The van der Waals surface area contributed by atoms with Gasteiger partial charge in [0.25, 0.3) is 0 Å². The summed E-state index contributed by atoms with van der Waals surface area (Å²) in [7, 11) is 0. The van der Waals surface area contributed by atoms with Crippen molar-refractivity contribution in [2.75, 3.05) is 36.0 Å². The van der Waals surface area contributed by atoms with E-state index in [0.29, 0.717) is 10.8 Å². The predicted octanol–water partition coefficient (Wildman–Crippen LogP) is 3.48. The molecule has 150 valence electrons. The van der Waals surface area contributed by atoms with Gasteiger partial charge in [-0.15, -0.1) is 0 Å². The standard InChI is InChI=1S/C20H26ClN5O2/c1-20(2,3)28-19(27)26(14-15-5-4-6-16(21)11-15)18-13-23-12-17(24-18)25-9-7-22-8-10-25/h4-6,11-13,22H,7-10,14H2,1-3H3. The average Bonchev–Trinajstić information content (AvgIpc) is 2.65. The Morgan fingerprint density at radius 3 is 2.71 bits per heavy atom. The first-order valence-corrected chi connectivity index (χ1v) is 9.72. The van der Waals surface area contributed by atoms with Crippen molar-refractivity contribution in [2.45, 2.75) is 32.9 Å². The smallest absolute Gasteiger partial charge is 0.416 e. The summed E-state index contributed by atoms with van der Waals surface area (Å²) >= 11 is 6.11. The molecule has 0 radical (unpaired) electrons. The first-order chi connectivity index (χ1) is 13.3. The molecule has 1 aromatic heterocycles. The van der Waals surface area contributed by atoms with Gasteiger partial charge in [-0.25, -0.2) is 9.78 Å². The minimum absolute atomic E-state index is 0.287. The van der Waals surface area contributed by atoms with Gasteiger partial charge in [0.2, 0.25) is 0 Å². The highest BCUT2D eigenvalue weighted by Crippen LogP contribution is 2.22. The molecule has 0 atom stereocenters. The molecule has 1 amide bonds. The Morgan fingerprint density at radius 2 is 2.04 bits per heavy atom. The van der Waals surface area contributed by atoms with E-state index in [0.717, 1.165) is 37.6 Å². The van der Waals surface area contributed by atoms with Crippen LogP contribution in [-0.2, 0) is 11.3 Å². The molecule has 0 spiro atoms. The molecule has 2 aromatic rings. The number of carbonyl (C=O) groups is 1. The number of nitrogens with one attached hydrogen (secondary N) is 1. The highest BCUT2D eigenvalue weighted by molar-refractivity contribution is 6.30. The van der Waals surface area contributed by atoms with Crippen LogP contribution in [0.5, 0.6) is 0 Å². The van der Waals surface area contributed by atoms with E-state index in [4.69, 9.17) is 21.3 Å². The fourth-order valence-corrected chi connectivity index (χ4v) is 3.11. The molecule has 1 fully saturated rings. The number of hydrogen-bond acceptors (Lipinski definition) is 6. The fraction of sp³-hybridized carbons (Fsp3) is 0.450. The van der Waals surface area contributed by atoms with Crippen molar-refractivity contribution < 1.29 is 9.53 Å². The summed E-state index contributed by atoms with van der Waals surface area (Å²) < 4.78 is 5.60. The van der Waals surface area contributed by atoms with Crippen molar-refractivity contribution in [3.05, 3.63) is 47.2 Å². The molecular formula is C20H26ClN5O2. The Morgan fingerprint density at radius 1 is 1.29 bits per heavy atom. The minimum atomic E-state index is -0.618. The maximum Gasteiger partial charge on any atom is 0.416 e. The number of nitrogens with zero attached hydrogens (tertiary/aromatic N) is 4. The van der Waals surface area contributed by atoms with Crippen LogP contribution in [0.2, 0.25) is 5.02 Å². The lowest BCUT2D eigenvalue weighted by atomic mass is 10.2. The van der Waals surface area contributed by atoms with E-state index in [-0.39, 0.29) is 6.54 Å². The summed E-state index contributed by atoms with van der Waals surface area (Å²) in [6.07, 6.45) is 2.83. The molecule has 1 aliphatic heterocycles. The first kappa shape index (κ1) is 20.4. The molecule has 1 aromatic carbocycles. The zero-order chi connectivity index (χ0) is 20.1. The molecule has 0 saturated carbocycles.